The molecule has 0 unspecified atom stereocenters. The van der Waals surface area contributed by atoms with Gasteiger partial charge in [-0.3, -0.25) is 0 Å². The van der Waals surface area contributed by atoms with Gasteiger partial charge in [0.1, 0.15) is 5.75 Å². The van der Waals surface area contributed by atoms with Crippen LogP contribution in [-0.2, 0) is 0 Å². The van der Waals surface area contributed by atoms with Gasteiger partial charge in [0.25, 0.3) is 0 Å². The summed E-state index contributed by atoms with van der Waals surface area (Å²) < 4.78 is 8.46. The zero-order chi connectivity index (χ0) is 19.3. The van der Waals surface area contributed by atoms with Crippen LogP contribution in [0.4, 0.5) is 0 Å². The van der Waals surface area contributed by atoms with Gasteiger partial charge in [0, 0.05) is 22.0 Å². The molecular weight excluding hydrogens is 480 g/mol. The zero-order valence-electron chi connectivity index (χ0n) is 15.3. The van der Waals surface area contributed by atoms with Gasteiger partial charge >= 0.3 is 0 Å². The molecular formula is C23H18Br2N2O. The molecule has 0 N–H and O–H groups in total. The highest BCUT2D eigenvalue weighted by Crippen LogP contribution is 2.50. The van der Waals surface area contributed by atoms with Crippen LogP contribution in [0.25, 0.3) is 0 Å². The van der Waals surface area contributed by atoms with Gasteiger partial charge in [0.05, 0.1) is 16.2 Å². The summed E-state index contributed by atoms with van der Waals surface area (Å²) in [5.41, 5.74) is 5.77. The fraction of sp³-hybridized carbons (Fsp3) is 0.174. The van der Waals surface area contributed by atoms with Crippen LogP contribution in [0.1, 0.15) is 40.9 Å². The van der Waals surface area contributed by atoms with Crippen molar-refractivity contribution in [3.05, 3.63) is 97.9 Å². The molecule has 3 nitrogen and oxygen atoms in total. The van der Waals surface area contributed by atoms with E-state index in [1.54, 1.807) is 0 Å². The Morgan fingerprint density at radius 2 is 1.75 bits per heavy atom. The van der Waals surface area contributed by atoms with Crippen LogP contribution in [0.2, 0.25) is 0 Å². The number of hydrogen-bond acceptors (Lipinski definition) is 3. The standard InChI is InChI=1S/C23H18Br2N2O/c1-14-7-9-15(10-8-14)20-13-21-18-11-17(24)12-19(25)22(18)28-23(27(21)26-20)16-5-3-2-4-6-16/h2-12,21,23H,13H2,1H3/t21-,23+/m1/s1. The first-order valence-corrected chi connectivity index (χ1v) is 10.8. The Morgan fingerprint density at radius 3 is 2.50 bits per heavy atom. The number of nitrogens with zero attached hydrogens (tertiary/aromatic N) is 2. The molecule has 0 bridgehead atoms. The maximum atomic E-state index is 6.47. The van der Waals surface area contributed by atoms with E-state index in [0.717, 1.165) is 38.0 Å². The molecule has 0 spiro atoms. The van der Waals surface area contributed by atoms with Crippen molar-refractivity contribution in [3.8, 4) is 5.75 Å². The van der Waals surface area contributed by atoms with Gasteiger partial charge in [0.15, 0.2) is 0 Å². The molecule has 0 aliphatic carbocycles. The van der Waals surface area contributed by atoms with Crippen LogP contribution in [-0.4, -0.2) is 10.7 Å². The van der Waals surface area contributed by atoms with Crippen molar-refractivity contribution in [1.29, 1.82) is 0 Å². The number of rotatable bonds is 2. The smallest absolute Gasteiger partial charge is 0.213 e. The van der Waals surface area contributed by atoms with E-state index in [1.807, 2.05) is 24.3 Å². The molecule has 0 saturated heterocycles. The molecule has 0 fully saturated rings. The summed E-state index contributed by atoms with van der Waals surface area (Å²) in [5.74, 6) is 0.902. The third-order valence-corrected chi connectivity index (χ3v) is 6.32. The maximum Gasteiger partial charge on any atom is 0.213 e. The van der Waals surface area contributed by atoms with Gasteiger partial charge in [-0.2, -0.15) is 5.10 Å². The molecule has 2 heterocycles. The fourth-order valence-electron chi connectivity index (χ4n) is 3.87. The van der Waals surface area contributed by atoms with E-state index >= 15 is 0 Å². The summed E-state index contributed by atoms with van der Waals surface area (Å²) >= 11 is 7.31. The third kappa shape index (κ3) is 3.07. The van der Waals surface area contributed by atoms with Crippen molar-refractivity contribution >= 4 is 37.6 Å². The Morgan fingerprint density at radius 1 is 1.00 bits per heavy atom. The van der Waals surface area contributed by atoms with Gasteiger partial charge in [-0.05, 0) is 40.5 Å². The van der Waals surface area contributed by atoms with Crippen molar-refractivity contribution in [3.63, 3.8) is 0 Å². The van der Waals surface area contributed by atoms with Gasteiger partial charge in [-0.15, -0.1) is 0 Å². The first-order chi connectivity index (χ1) is 13.6. The molecule has 140 valence electrons. The molecule has 0 saturated carbocycles. The average Bonchev–Trinajstić information content (AvgIpc) is 3.14. The lowest BCUT2D eigenvalue weighted by Crippen LogP contribution is -2.33. The first kappa shape index (κ1) is 18.0. The van der Waals surface area contributed by atoms with Crippen molar-refractivity contribution in [1.82, 2.24) is 5.01 Å². The minimum Gasteiger partial charge on any atom is -0.463 e. The van der Waals surface area contributed by atoms with E-state index < -0.39 is 0 Å². The van der Waals surface area contributed by atoms with E-state index in [-0.39, 0.29) is 12.3 Å². The summed E-state index contributed by atoms with van der Waals surface area (Å²) in [6.45, 7) is 2.11. The molecule has 0 amide bonds. The molecule has 2 aliphatic heterocycles. The second-order valence-electron chi connectivity index (χ2n) is 7.20. The Labute approximate surface area is 181 Å². The Bertz CT molecular complexity index is 1060. The molecule has 0 radical (unpaired) electrons. The molecule has 2 aliphatic rings. The monoisotopic (exact) mass is 496 g/mol. The number of halogens is 2. The van der Waals surface area contributed by atoms with Gasteiger partial charge in [-0.25, -0.2) is 5.01 Å². The van der Waals surface area contributed by atoms with E-state index in [2.05, 4.69) is 86.3 Å². The molecule has 28 heavy (non-hydrogen) atoms. The molecule has 3 aromatic rings. The lowest BCUT2D eigenvalue weighted by molar-refractivity contribution is -0.0197. The van der Waals surface area contributed by atoms with Crippen LogP contribution in [0.5, 0.6) is 5.75 Å². The van der Waals surface area contributed by atoms with Crippen LogP contribution in [0.15, 0.2) is 80.8 Å². The van der Waals surface area contributed by atoms with Crippen molar-refractivity contribution in [2.24, 2.45) is 5.10 Å². The number of hydrazone groups is 1. The minimum atomic E-state index is -0.251. The van der Waals surface area contributed by atoms with E-state index in [1.165, 1.54) is 11.1 Å². The highest BCUT2D eigenvalue weighted by molar-refractivity contribution is 9.11. The van der Waals surface area contributed by atoms with Crippen molar-refractivity contribution in [2.75, 3.05) is 0 Å². The van der Waals surface area contributed by atoms with Gasteiger partial charge < -0.3 is 4.74 Å². The number of hydrogen-bond donors (Lipinski definition) is 0. The SMILES string of the molecule is Cc1ccc(C2=NN3[C@H](C2)c2cc(Br)cc(Br)c2O[C@H]3c2ccccc2)cc1. The van der Waals surface area contributed by atoms with Crippen molar-refractivity contribution in [2.45, 2.75) is 25.6 Å². The lowest BCUT2D eigenvalue weighted by Gasteiger charge is -2.38. The average molecular weight is 498 g/mol. The topological polar surface area (TPSA) is 24.8 Å². The number of aryl methyl sites for hydroxylation is 1. The van der Waals surface area contributed by atoms with Crippen LogP contribution in [0, 0.1) is 6.92 Å². The highest BCUT2D eigenvalue weighted by Gasteiger charge is 2.41. The van der Waals surface area contributed by atoms with E-state index in [4.69, 9.17) is 9.84 Å². The summed E-state index contributed by atoms with van der Waals surface area (Å²) in [7, 11) is 0. The summed E-state index contributed by atoms with van der Waals surface area (Å²) in [6, 6.07) is 23.2. The van der Waals surface area contributed by atoms with Crippen LogP contribution < -0.4 is 4.74 Å². The summed E-state index contributed by atoms with van der Waals surface area (Å²) in [4.78, 5) is 0. The first-order valence-electron chi connectivity index (χ1n) is 9.23. The Balaban J connectivity index is 1.63. The predicted molar refractivity (Wildman–Crippen MR) is 119 cm³/mol. The predicted octanol–water partition coefficient (Wildman–Crippen LogP) is 6.76. The maximum absolute atomic E-state index is 6.47. The quantitative estimate of drug-likeness (QED) is 0.390. The van der Waals surface area contributed by atoms with E-state index in [0.29, 0.717) is 0 Å². The Kier molecular flexibility index (Phi) is 4.52. The Hall–Kier alpha value is -2.11. The van der Waals surface area contributed by atoms with Gasteiger partial charge in [-0.1, -0.05) is 76.1 Å². The number of ether oxygens (including phenoxy) is 1. The molecule has 5 heteroatoms. The highest BCUT2D eigenvalue weighted by atomic mass is 79.9. The summed E-state index contributed by atoms with van der Waals surface area (Å²) in [6.07, 6.45) is 0.602. The molecule has 0 aromatic heterocycles. The normalized spacial score (nSPS) is 20.2. The summed E-state index contributed by atoms with van der Waals surface area (Å²) in [5, 5.41) is 7.14. The fourth-order valence-corrected chi connectivity index (χ4v) is 5.22. The largest absolute Gasteiger partial charge is 0.463 e. The number of fused-ring (bicyclic) bond motifs is 3. The molecule has 2 atom stereocenters. The molecule has 3 aromatic carbocycles. The second kappa shape index (κ2) is 7.05. The van der Waals surface area contributed by atoms with Gasteiger partial charge in [0.2, 0.25) is 6.23 Å². The molecule has 5 rings (SSSR count). The minimum absolute atomic E-state index is 0.138. The van der Waals surface area contributed by atoms with E-state index in [9.17, 15) is 0 Å². The van der Waals surface area contributed by atoms with Crippen molar-refractivity contribution < 1.29 is 4.74 Å². The zero-order valence-corrected chi connectivity index (χ0v) is 18.4. The second-order valence-corrected chi connectivity index (χ2v) is 8.97. The lowest BCUT2D eigenvalue weighted by atomic mass is 9.95. The third-order valence-electron chi connectivity index (χ3n) is 5.28. The van der Waals surface area contributed by atoms with Crippen LogP contribution in [0.3, 0.4) is 0 Å². The van der Waals surface area contributed by atoms with Crippen LogP contribution >= 0.6 is 31.9 Å². The number of benzene rings is 3.